The maximum atomic E-state index is 12.0. The summed E-state index contributed by atoms with van der Waals surface area (Å²) >= 11 is 0. The molecule has 2 rings (SSSR count). The number of nitrogens with one attached hydrogen (secondary N) is 1. The predicted octanol–water partition coefficient (Wildman–Crippen LogP) is 1.95. The third-order valence-electron chi connectivity index (χ3n) is 3.59. The van der Waals surface area contributed by atoms with Gasteiger partial charge in [0.1, 0.15) is 17.1 Å². The molecule has 5 nitrogen and oxygen atoms in total. The summed E-state index contributed by atoms with van der Waals surface area (Å²) in [6.07, 6.45) is -1.26. The van der Waals surface area contributed by atoms with Crippen LogP contribution in [0.4, 0.5) is 0 Å². The fraction of sp³-hybridized carbons (Fsp3) is 0.353. The molecule has 0 fully saturated rings. The van der Waals surface area contributed by atoms with Crippen molar-refractivity contribution in [3.8, 4) is 0 Å². The van der Waals surface area contributed by atoms with Gasteiger partial charge in [-0.1, -0.05) is 30.3 Å². The van der Waals surface area contributed by atoms with Crippen LogP contribution >= 0.6 is 0 Å². The van der Waals surface area contributed by atoms with Gasteiger partial charge in [-0.2, -0.15) is 0 Å². The molecule has 1 aromatic heterocycles. The number of carbonyl (C=O) groups is 1. The van der Waals surface area contributed by atoms with Crippen molar-refractivity contribution in [1.82, 2.24) is 5.32 Å². The second-order valence-electron chi connectivity index (χ2n) is 5.63. The fourth-order valence-corrected chi connectivity index (χ4v) is 2.40. The van der Waals surface area contributed by atoms with Crippen molar-refractivity contribution >= 4 is 5.91 Å². The quantitative estimate of drug-likeness (QED) is 0.788. The van der Waals surface area contributed by atoms with Crippen molar-refractivity contribution in [2.75, 3.05) is 6.54 Å². The van der Waals surface area contributed by atoms with Gasteiger partial charge in [-0.15, -0.1) is 0 Å². The van der Waals surface area contributed by atoms with Crippen LogP contribution in [0.25, 0.3) is 0 Å². The van der Waals surface area contributed by atoms with Gasteiger partial charge in [0, 0.05) is 5.56 Å². The van der Waals surface area contributed by atoms with Gasteiger partial charge in [0.15, 0.2) is 6.10 Å². The lowest BCUT2D eigenvalue weighted by atomic mass is 9.96. The van der Waals surface area contributed by atoms with E-state index >= 15 is 0 Å². The average molecular weight is 303 g/mol. The number of aryl methyl sites for hydroxylation is 2. The molecule has 0 bridgehead atoms. The molecule has 1 heterocycles. The van der Waals surface area contributed by atoms with E-state index in [1.54, 1.807) is 51.1 Å². The Morgan fingerprint density at radius 3 is 2.50 bits per heavy atom. The van der Waals surface area contributed by atoms with Gasteiger partial charge < -0.3 is 19.9 Å². The summed E-state index contributed by atoms with van der Waals surface area (Å²) in [5.74, 6) is 0.758. The zero-order chi connectivity index (χ0) is 16.3. The average Bonchev–Trinajstić information content (AvgIpc) is 2.84. The number of furan rings is 1. The number of carbonyl (C=O) groups excluding carboxylic acids is 1. The second-order valence-corrected chi connectivity index (χ2v) is 5.63. The van der Waals surface area contributed by atoms with Crippen LogP contribution < -0.4 is 5.32 Å². The lowest BCUT2D eigenvalue weighted by molar-refractivity contribution is -0.130. The number of amides is 1. The summed E-state index contributed by atoms with van der Waals surface area (Å²) in [7, 11) is 0. The molecular formula is C17H21NO4. The SMILES string of the molecule is Cc1cc([C@](C)(O)CNC(=O)[C@H](O)c2ccccc2)c(C)o1. The zero-order valence-corrected chi connectivity index (χ0v) is 13.0. The molecule has 0 radical (unpaired) electrons. The van der Waals surface area contributed by atoms with Gasteiger partial charge in [-0.05, 0) is 32.4 Å². The first kappa shape index (κ1) is 16.3. The van der Waals surface area contributed by atoms with Gasteiger partial charge in [0.05, 0.1) is 6.54 Å². The third-order valence-corrected chi connectivity index (χ3v) is 3.59. The van der Waals surface area contributed by atoms with Gasteiger partial charge >= 0.3 is 0 Å². The Labute approximate surface area is 129 Å². The molecule has 0 aliphatic carbocycles. The Balaban J connectivity index is 2.02. The predicted molar refractivity (Wildman–Crippen MR) is 82.2 cm³/mol. The van der Waals surface area contributed by atoms with E-state index in [0.29, 0.717) is 22.6 Å². The second kappa shape index (κ2) is 6.34. The molecule has 1 amide bonds. The molecule has 118 valence electrons. The Bertz CT molecular complexity index is 646. The molecule has 22 heavy (non-hydrogen) atoms. The lowest BCUT2D eigenvalue weighted by Crippen LogP contribution is -2.40. The van der Waals surface area contributed by atoms with Crippen molar-refractivity contribution in [2.24, 2.45) is 0 Å². The molecule has 0 aliphatic rings. The molecule has 0 aliphatic heterocycles. The van der Waals surface area contributed by atoms with Crippen LogP contribution in [0, 0.1) is 13.8 Å². The van der Waals surface area contributed by atoms with Crippen LogP contribution in [0.3, 0.4) is 0 Å². The van der Waals surface area contributed by atoms with Crippen LogP contribution in [0.2, 0.25) is 0 Å². The minimum Gasteiger partial charge on any atom is -0.466 e. The largest absolute Gasteiger partial charge is 0.466 e. The van der Waals surface area contributed by atoms with E-state index in [4.69, 9.17) is 4.42 Å². The Morgan fingerprint density at radius 2 is 1.95 bits per heavy atom. The van der Waals surface area contributed by atoms with Crippen molar-refractivity contribution in [3.05, 3.63) is 59.0 Å². The maximum absolute atomic E-state index is 12.0. The van der Waals surface area contributed by atoms with E-state index < -0.39 is 17.6 Å². The molecule has 0 saturated carbocycles. The highest BCUT2D eigenvalue weighted by atomic mass is 16.3. The summed E-state index contributed by atoms with van der Waals surface area (Å²) in [6.45, 7) is 5.14. The molecule has 3 N–H and O–H groups in total. The number of aliphatic hydroxyl groups is 2. The highest BCUT2D eigenvalue weighted by Gasteiger charge is 2.29. The van der Waals surface area contributed by atoms with Crippen LogP contribution in [0.5, 0.6) is 0 Å². The third kappa shape index (κ3) is 3.55. The Kier molecular flexibility index (Phi) is 4.68. The minimum atomic E-state index is -1.27. The smallest absolute Gasteiger partial charge is 0.253 e. The molecule has 0 unspecified atom stereocenters. The summed E-state index contributed by atoms with van der Waals surface area (Å²) in [4.78, 5) is 12.0. The number of aliphatic hydroxyl groups excluding tert-OH is 1. The van der Waals surface area contributed by atoms with Crippen LogP contribution in [-0.2, 0) is 10.4 Å². The highest BCUT2D eigenvalue weighted by Crippen LogP contribution is 2.26. The van der Waals surface area contributed by atoms with E-state index in [-0.39, 0.29) is 6.54 Å². The summed E-state index contributed by atoms with van der Waals surface area (Å²) in [5.41, 5.74) is -0.136. The van der Waals surface area contributed by atoms with E-state index in [2.05, 4.69) is 5.32 Å². The first-order chi connectivity index (χ1) is 10.3. The van der Waals surface area contributed by atoms with Crippen LogP contribution in [0.1, 0.15) is 35.7 Å². The number of hydrogen-bond acceptors (Lipinski definition) is 4. The summed E-state index contributed by atoms with van der Waals surface area (Å²) in [6, 6.07) is 10.4. The van der Waals surface area contributed by atoms with Crippen LogP contribution in [0.15, 0.2) is 40.8 Å². The zero-order valence-electron chi connectivity index (χ0n) is 13.0. The van der Waals surface area contributed by atoms with Crippen molar-refractivity contribution < 1.29 is 19.4 Å². The lowest BCUT2D eigenvalue weighted by Gasteiger charge is -2.24. The molecule has 0 spiro atoms. The summed E-state index contributed by atoms with van der Waals surface area (Å²) in [5, 5.41) is 23.1. The van der Waals surface area contributed by atoms with Crippen molar-refractivity contribution in [1.29, 1.82) is 0 Å². The molecular weight excluding hydrogens is 282 g/mol. The molecule has 0 saturated heterocycles. The topological polar surface area (TPSA) is 82.7 Å². The number of hydrogen-bond donors (Lipinski definition) is 3. The van der Waals surface area contributed by atoms with Gasteiger partial charge in [-0.3, -0.25) is 4.79 Å². The minimum absolute atomic E-state index is 0.0183. The summed E-state index contributed by atoms with van der Waals surface area (Å²) < 4.78 is 5.40. The van der Waals surface area contributed by atoms with Gasteiger partial charge in [0.2, 0.25) is 0 Å². The normalized spacial score (nSPS) is 15.1. The monoisotopic (exact) mass is 303 g/mol. The molecule has 2 aromatic rings. The van der Waals surface area contributed by atoms with Crippen molar-refractivity contribution in [2.45, 2.75) is 32.5 Å². The number of rotatable bonds is 5. The van der Waals surface area contributed by atoms with Gasteiger partial charge in [-0.25, -0.2) is 0 Å². The van der Waals surface area contributed by atoms with E-state index in [1.165, 1.54) is 0 Å². The van der Waals surface area contributed by atoms with E-state index in [9.17, 15) is 15.0 Å². The maximum Gasteiger partial charge on any atom is 0.253 e. The van der Waals surface area contributed by atoms with Crippen molar-refractivity contribution in [3.63, 3.8) is 0 Å². The van der Waals surface area contributed by atoms with E-state index in [1.807, 2.05) is 6.07 Å². The number of benzene rings is 1. The molecule has 1 aromatic carbocycles. The van der Waals surface area contributed by atoms with Gasteiger partial charge in [0.25, 0.3) is 5.91 Å². The van der Waals surface area contributed by atoms with Crippen LogP contribution in [-0.4, -0.2) is 22.7 Å². The standard InChI is InChI=1S/C17H21NO4/c1-11-9-14(12(2)22-11)17(3,21)10-18-16(20)15(19)13-7-5-4-6-8-13/h4-9,15,19,21H,10H2,1-3H3,(H,18,20)/t15-,17-/m1/s1. The Morgan fingerprint density at radius 1 is 1.32 bits per heavy atom. The molecule has 2 atom stereocenters. The highest BCUT2D eigenvalue weighted by molar-refractivity contribution is 5.81. The first-order valence-corrected chi connectivity index (χ1v) is 7.12. The molecule has 5 heteroatoms. The Hall–Kier alpha value is -2.11. The fourth-order valence-electron chi connectivity index (χ4n) is 2.40. The van der Waals surface area contributed by atoms with E-state index in [0.717, 1.165) is 0 Å². The first-order valence-electron chi connectivity index (χ1n) is 7.12.